The molecule has 0 N–H and O–H groups in total. The van der Waals surface area contributed by atoms with Crippen LogP contribution in [0.1, 0.15) is 16.1 Å². The van der Waals surface area contributed by atoms with E-state index in [4.69, 9.17) is 23.4 Å². The molecule has 2 aromatic rings. The van der Waals surface area contributed by atoms with Gasteiger partial charge in [0.1, 0.15) is 5.76 Å². The summed E-state index contributed by atoms with van der Waals surface area (Å²) in [4.78, 5) is 24.0. The van der Waals surface area contributed by atoms with Crippen LogP contribution in [-0.2, 0) is 9.53 Å². The van der Waals surface area contributed by atoms with E-state index in [0.29, 0.717) is 27.7 Å². The number of furan rings is 1. The summed E-state index contributed by atoms with van der Waals surface area (Å²) in [6, 6.07) is 6.36. The minimum Gasteiger partial charge on any atom is -0.493 e. The molecule has 0 fully saturated rings. The molecular weight excluding hydrogens is 408 g/mol. The number of rotatable bonds is 8. The van der Waals surface area contributed by atoms with Gasteiger partial charge in [0.25, 0.3) is 0 Å². The molecule has 138 valence electrons. The van der Waals surface area contributed by atoms with Crippen LogP contribution in [0.5, 0.6) is 17.2 Å². The van der Waals surface area contributed by atoms with Gasteiger partial charge in [-0.15, -0.1) is 0 Å². The van der Waals surface area contributed by atoms with Gasteiger partial charge in [0.05, 0.1) is 21.3 Å². The Kier molecular flexibility index (Phi) is 6.85. The molecule has 0 aliphatic heterocycles. The third-order valence-electron chi connectivity index (χ3n) is 3.31. The summed E-state index contributed by atoms with van der Waals surface area (Å²) in [6.07, 6.45) is 2.62. The molecule has 0 amide bonds. The Bertz CT molecular complexity index is 798. The number of halogens is 1. The molecule has 0 atom stereocenters. The number of hydrogen-bond acceptors (Lipinski definition) is 7. The number of benzene rings is 1. The van der Waals surface area contributed by atoms with Crippen LogP contribution < -0.4 is 14.2 Å². The maximum atomic E-state index is 12.3. The van der Waals surface area contributed by atoms with E-state index in [9.17, 15) is 9.59 Å². The first-order valence-electron chi connectivity index (χ1n) is 7.42. The van der Waals surface area contributed by atoms with Crippen molar-refractivity contribution in [1.29, 1.82) is 0 Å². The van der Waals surface area contributed by atoms with Crippen LogP contribution in [0.25, 0.3) is 6.08 Å². The van der Waals surface area contributed by atoms with Gasteiger partial charge in [-0.3, -0.25) is 4.79 Å². The predicted molar refractivity (Wildman–Crippen MR) is 96.8 cm³/mol. The summed E-state index contributed by atoms with van der Waals surface area (Å²) in [6.45, 7) is -0.427. The maximum Gasteiger partial charge on any atom is 0.331 e. The van der Waals surface area contributed by atoms with Crippen LogP contribution in [-0.4, -0.2) is 39.7 Å². The lowest BCUT2D eigenvalue weighted by Gasteiger charge is -2.13. The standard InChI is InChI=1S/C18H17BrO7/c1-22-14-8-11(9-15(23-2)18(14)24-3)13(20)10-25-17(21)7-5-12-4-6-16(19)26-12/h4-9H,10H2,1-3H3. The van der Waals surface area contributed by atoms with Gasteiger partial charge in [-0.05, 0) is 46.3 Å². The molecule has 26 heavy (non-hydrogen) atoms. The summed E-state index contributed by atoms with van der Waals surface area (Å²) in [5.74, 6) is 0.445. The van der Waals surface area contributed by atoms with Crippen LogP contribution in [0.4, 0.5) is 0 Å². The molecule has 0 radical (unpaired) electrons. The Labute approximate surface area is 158 Å². The molecule has 0 aliphatic rings. The van der Waals surface area contributed by atoms with Crippen molar-refractivity contribution in [2.45, 2.75) is 0 Å². The first-order valence-corrected chi connectivity index (χ1v) is 8.21. The van der Waals surface area contributed by atoms with Gasteiger partial charge < -0.3 is 23.4 Å². The second-order valence-corrected chi connectivity index (χ2v) is 5.70. The lowest BCUT2D eigenvalue weighted by Crippen LogP contribution is -2.13. The number of ketones is 1. The average molecular weight is 425 g/mol. The van der Waals surface area contributed by atoms with Crippen molar-refractivity contribution in [3.8, 4) is 17.2 Å². The maximum absolute atomic E-state index is 12.3. The Morgan fingerprint density at radius 1 is 1.08 bits per heavy atom. The van der Waals surface area contributed by atoms with E-state index >= 15 is 0 Å². The molecule has 2 rings (SSSR count). The van der Waals surface area contributed by atoms with E-state index in [1.54, 1.807) is 12.1 Å². The summed E-state index contributed by atoms with van der Waals surface area (Å²) < 4.78 is 26.3. The summed E-state index contributed by atoms with van der Waals surface area (Å²) in [5, 5.41) is 0. The molecule has 0 aliphatic carbocycles. The molecule has 8 heteroatoms. The molecule has 0 bridgehead atoms. The van der Waals surface area contributed by atoms with Gasteiger partial charge in [0.15, 0.2) is 22.8 Å². The normalized spacial score (nSPS) is 10.6. The van der Waals surface area contributed by atoms with E-state index in [0.717, 1.165) is 0 Å². The molecule has 0 spiro atoms. The van der Waals surface area contributed by atoms with E-state index in [1.807, 2.05) is 0 Å². The van der Waals surface area contributed by atoms with Crippen molar-refractivity contribution in [3.63, 3.8) is 0 Å². The van der Waals surface area contributed by atoms with Gasteiger partial charge >= 0.3 is 5.97 Å². The van der Waals surface area contributed by atoms with Gasteiger partial charge in [0, 0.05) is 11.6 Å². The SMILES string of the molecule is COc1cc(C(=O)COC(=O)C=Cc2ccc(Br)o2)cc(OC)c1OC. The van der Waals surface area contributed by atoms with Gasteiger partial charge in [-0.25, -0.2) is 4.79 Å². The molecule has 1 heterocycles. The van der Waals surface area contributed by atoms with Crippen LogP contribution in [0.2, 0.25) is 0 Å². The number of Topliss-reactive ketones (excluding diaryl/α,β-unsaturated/α-hetero) is 1. The zero-order valence-electron chi connectivity index (χ0n) is 14.4. The van der Waals surface area contributed by atoms with E-state index in [-0.39, 0.29) is 5.56 Å². The quantitative estimate of drug-likeness (QED) is 0.364. The van der Waals surface area contributed by atoms with Gasteiger partial charge in [-0.2, -0.15) is 0 Å². The van der Waals surface area contributed by atoms with E-state index in [1.165, 1.54) is 45.6 Å². The minimum atomic E-state index is -0.668. The predicted octanol–water partition coefficient (Wildman–Crippen LogP) is 3.51. The fraction of sp³-hybridized carbons (Fsp3) is 0.222. The Balaban J connectivity index is 2.03. The first-order chi connectivity index (χ1) is 12.5. The number of hydrogen-bond donors (Lipinski definition) is 0. The summed E-state index contributed by atoms with van der Waals surface area (Å²) in [5.41, 5.74) is 0.270. The van der Waals surface area contributed by atoms with Crippen molar-refractivity contribution in [3.05, 3.63) is 46.3 Å². The fourth-order valence-electron chi connectivity index (χ4n) is 2.08. The number of carbonyl (C=O) groups is 2. The lowest BCUT2D eigenvalue weighted by atomic mass is 10.1. The number of esters is 1. The van der Waals surface area contributed by atoms with Gasteiger partial charge in [-0.1, -0.05) is 0 Å². The highest BCUT2D eigenvalue weighted by molar-refractivity contribution is 9.10. The average Bonchev–Trinajstić information content (AvgIpc) is 3.08. The van der Waals surface area contributed by atoms with Crippen molar-refractivity contribution in [2.24, 2.45) is 0 Å². The monoisotopic (exact) mass is 424 g/mol. The highest BCUT2D eigenvalue weighted by atomic mass is 79.9. The highest BCUT2D eigenvalue weighted by Gasteiger charge is 2.17. The fourth-order valence-corrected chi connectivity index (χ4v) is 2.40. The van der Waals surface area contributed by atoms with Crippen molar-refractivity contribution >= 4 is 33.8 Å². The molecule has 7 nitrogen and oxygen atoms in total. The third kappa shape index (κ3) is 4.89. The number of methoxy groups -OCH3 is 3. The molecule has 0 saturated carbocycles. The smallest absolute Gasteiger partial charge is 0.331 e. The van der Waals surface area contributed by atoms with Crippen molar-refractivity contribution in [1.82, 2.24) is 0 Å². The summed E-state index contributed by atoms with van der Waals surface area (Å²) in [7, 11) is 4.36. The molecule has 1 aromatic heterocycles. The Morgan fingerprint density at radius 2 is 1.73 bits per heavy atom. The highest BCUT2D eigenvalue weighted by Crippen LogP contribution is 2.38. The van der Waals surface area contributed by atoms with Crippen LogP contribution in [0, 0.1) is 0 Å². The zero-order valence-corrected chi connectivity index (χ0v) is 16.0. The van der Waals surface area contributed by atoms with Gasteiger partial charge in [0.2, 0.25) is 11.5 Å². The second-order valence-electron chi connectivity index (χ2n) is 4.92. The largest absolute Gasteiger partial charge is 0.493 e. The lowest BCUT2D eigenvalue weighted by molar-refractivity contribution is -0.136. The second kappa shape index (κ2) is 9.10. The van der Waals surface area contributed by atoms with Crippen LogP contribution in [0.15, 0.2) is 39.4 Å². The number of ether oxygens (including phenoxy) is 4. The van der Waals surface area contributed by atoms with E-state index < -0.39 is 18.4 Å². The molecule has 1 aromatic carbocycles. The molecular formula is C18H17BrO7. The zero-order chi connectivity index (χ0) is 19.1. The first kappa shape index (κ1) is 19.6. The molecule has 0 unspecified atom stereocenters. The Hall–Kier alpha value is -2.74. The van der Waals surface area contributed by atoms with Crippen LogP contribution >= 0.6 is 15.9 Å². The third-order valence-corrected chi connectivity index (χ3v) is 3.74. The number of carbonyl (C=O) groups excluding carboxylic acids is 2. The topological polar surface area (TPSA) is 84.2 Å². The van der Waals surface area contributed by atoms with Crippen molar-refractivity contribution in [2.75, 3.05) is 27.9 Å². The van der Waals surface area contributed by atoms with Crippen molar-refractivity contribution < 1.29 is 33.0 Å². The Morgan fingerprint density at radius 3 is 2.23 bits per heavy atom. The van der Waals surface area contributed by atoms with E-state index in [2.05, 4.69) is 15.9 Å². The minimum absolute atomic E-state index is 0.270. The summed E-state index contributed by atoms with van der Waals surface area (Å²) >= 11 is 3.16. The molecule has 0 saturated heterocycles. The van der Waals surface area contributed by atoms with Crippen LogP contribution in [0.3, 0.4) is 0 Å².